The van der Waals surface area contributed by atoms with Gasteiger partial charge in [-0.05, 0) is 79.1 Å². The monoisotopic (exact) mass is 505 g/mol. The summed E-state index contributed by atoms with van der Waals surface area (Å²) >= 11 is 0. The number of esters is 1. The maximum atomic E-state index is 14.4. The van der Waals surface area contributed by atoms with Crippen LogP contribution in [-0.4, -0.2) is 24.1 Å². The van der Waals surface area contributed by atoms with Crippen molar-refractivity contribution in [2.45, 2.75) is 93.4 Å². The number of nitrogens with zero attached hydrogens (tertiary/aromatic N) is 1. The molecule has 0 aromatic rings. The van der Waals surface area contributed by atoms with E-state index in [1.165, 1.54) is 6.92 Å². The summed E-state index contributed by atoms with van der Waals surface area (Å²) < 4.78 is 5.69. The van der Waals surface area contributed by atoms with Crippen molar-refractivity contribution in [3.8, 4) is 0 Å². The van der Waals surface area contributed by atoms with Crippen molar-refractivity contribution in [1.82, 2.24) is 0 Å². The van der Waals surface area contributed by atoms with Crippen molar-refractivity contribution >= 4 is 17.5 Å². The molecule has 3 fully saturated rings. The third-order valence-corrected chi connectivity index (χ3v) is 12.2. The molecule has 5 aliphatic carbocycles. The van der Waals surface area contributed by atoms with E-state index >= 15 is 0 Å². The summed E-state index contributed by atoms with van der Waals surface area (Å²) in [7, 11) is 0. The molecule has 37 heavy (non-hydrogen) atoms. The van der Waals surface area contributed by atoms with Crippen LogP contribution in [0, 0.1) is 57.3 Å². The first kappa shape index (κ1) is 26.4. The van der Waals surface area contributed by atoms with Crippen molar-refractivity contribution in [3.63, 3.8) is 0 Å². The van der Waals surface area contributed by atoms with Gasteiger partial charge in [0.2, 0.25) is 5.70 Å². The first-order valence-electron chi connectivity index (χ1n) is 14.2. The molecule has 0 unspecified atom stereocenters. The minimum atomic E-state index is -0.470. The van der Waals surface area contributed by atoms with E-state index in [0.717, 1.165) is 50.5 Å². The SMILES string of the molecule is [C-]#[N+]C1=C[C@]2(C)C3=CC(=O)[C@@H]4[C@@H]5CC(C)(C)CC[C@]5(COC(C)=O)CC[C@@]4(C)[C@]3(C)CC[C@H]2[C@H](C)C1=O. The van der Waals surface area contributed by atoms with Crippen LogP contribution in [0.1, 0.15) is 93.4 Å². The Morgan fingerprint density at radius 1 is 1.05 bits per heavy atom. The standard InChI is InChI=1S/C32H43NO4/c1-19-21-9-10-30(6)25(29(21,5)17-23(33-8)27(19)36)15-24(35)26-22-16-28(3,4)11-13-32(22,18-37-20(2)34)14-12-31(26,30)7/h15,17,19,21-22,26H,9-14,16,18H2,1-7H3/t19-,21-,22-,26-,29-,30+,31+,32+/m0/s1. The lowest BCUT2D eigenvalue weighted by atomic mass is 9.35. The van der Waals surface area contributed by atoms with Gasteiger partial charge in [-0.1, -0.05) is 53.2 Å². The lowest BCUT2D eigenvalue weighted by Crippen LogP contribution is -2.64. The lowest BCUT2D eigenvalue weighted by Gasteiger charge is -2.68. The third kappa shape index (κ3) is 3.50. The Balaban J connectivity index is 1.65. The summed E-state index contributed by atoms with van der Waals surface area (Å²) in [6.45, 7) is 23.0. The summed E-state index contributed by atoms with van der Waals surface area (Å²) in [5.74, 6) is -0.144. The topological polar surface area (TPSA) is 64.8 Å². The quantitative estimate of drug-likeness (QED) is 0.308. The van der Waals surface area contributed by atoms with Gasteiger partial charge in [0.1, 0.15) is 0 Å². The van der Waals surface area contributed by atoms with E-state index in [1.54, 1.807) is 0 Å². The van der Waals surface area contributed by atoms with Crippen LogP contribution in [0.2, 0.25) is 0 Å². The molecule has 0 saturated heterocycles. The Morgan fingerprint density at radius 3 is 2.38 bits per heavy atom. The zero-order valence-electron chi connectivity index (χ0n) is 23.7. The Morgan fingerprint density at radius 2 is 1.73 bits per heavy atom. The number of carbonyl (C=O) groups is 3. The molecule has 200 valence electrons. The average Bonchev–Trinajstić information content (AvgIpc) is 2.82. The number of Topliss-reactive ketones (excluding diaryl/α,β-unsaturated/α-hetero) is 1. The van der Waals surface area contributed by atoms with Crippen molar-refractivity contribution in [3.05, 3.63) is 34.8 Å². The molecule has 0 amide bonds. The Hall–Kier alpha value is -2.22. The van der Waals surface area contributed by atoms with Crippen LogP contribution in [0.4, 0.5) is 0 Å². The van der Waals surface area contributed by atoms with Crippen LogP contribution in [0.3, 0.4) is 0 Å². The van der Waals surface area contributed by atoms with Gasteiger partial charge in [-0.2, -0.15) is 0 Å². The fourth-order valence-corrected chi connectivity index (χ4v) is 9.83. The molecule has 0 aromatic carbocycles. The van der Waals surface area contributed by atoms with Crippen molar-refractivity contribution in [2.75, 3.05) is 6.61 Å². The molecule has 5 aliphatic rings. The number of hydrogen-bond donors (Lipinski definition) is 0. The van der Waals surface area contributed by atoms with Gasteiger partial charge in [-0.15, -0.1) is 0 Å². The molecular weight excluding hydrogens is 462 g/mol. The van der Waals surface area contributed by atoms with Gasteiger partial charge >= 0.3 is 5.97 Å². The van der Waals surface area contributed by atoms with E-state index in [9.17, 15) is 14.4 Å². The Bertz CT molecular complexity index is 1170. The molecule has 0 aliphatic heterocycles. The van der Waals surface area contributed by atoms with Gasteiger partial charge in [0.15, 0.2) is 11.6 Å². The van der Waals surface area contributed by atoms with E-state index in [0.29, 0.717) is 6.61 Å². The molecule has 5 heteroatoms. The number of fused-ring (bicyclic) bond motifs is 7. The van der Waals surface area contributed by atoms with Crippen molar-refractivity contribution < 1.29 is 19.1 Å². The second kappa shape index (κ2) is 8.14. The van der Waals surface area contributed by atoms with Gasteiger partial charge in [0, 0.05) is 29.6 Å². The van der Waals surface area contributed by atoms with Crippen LogP contribution in [-0.2, 0) is 19.1 Å². The van der Waals surface area contributed by atoms with E-state index in [2.05, 4.69) is 39.5 Å². The van der Waals surface area contributed by atoms with Gasteiger partial charge < -0.3 is 9.53 Å². The molecule has 0 heterocycles. The van der Waals surface area contributed by atoms with Gasteiger partial charge in [0.05, 0.1) is 13.2 Å². The minimum Gasteiger partial charge on any atom is -0.465 e. The number of ketones is 2. The molecule has 8 atom stereocenters. The highest BCUT2D eigenvalue weighted by Gasteiger charge is 2.69. The summed E-state index contributed by atoms with van der Waals surface area (Å²) in [5, 5.41) is 0. The van der Waals surface area contributed by atoms with Gasteiger partial charge in [0.25, 0.3) is 0 Å². The zero-order valence-corrected chi connectivity index (χ0v) is 23.7. The molecule has 5 rings (SSSR count). The largest absolute Gasteiger partial charge is 0.465 e. The van der Waals surface area contributed by atoms with Crippen LogP contribution in [0.25, 0.3) is 4.85 Å². The molecule has 0 spiro atoms. The first-order chi connectivity index (χ1) is 17.1. The second-order valence-corrected chi connectivity index (χ2v) is 14.5. The highest BCUT2D eigenvalue weighted by molar-refractivity contribution is 6.01. The number of rotatable bonds is 2. The maximum absolute atomic E-state index is 14.4. The molecular formula is C32H43NO4. The average molecular weight is 506 g/mol. The fourth-order valence-electron chi connectivity index (χ4n) is 9.83. The van der Waals surface area contributed by atoms with Gasteiger partial charge in [-0.25, -0.2) is 4.85 Å². The van der Waals surface area contributed by atoms with Gasteiger partial charge in [-0.3, -0.25) is 9.59 Å². The molecule has 5 nitrogen and oxygen atoms in total. The van der Waals surface area contributed by atoms with Crippen molar-refractivity contribution in [1.29, 1.82) is 0 Å². The highest BCUT2D eigenvalue weighted by atomic mass is 16.5. The van der Waals surface area contributed by atoms with Crippen LogP contribution < -0.4 is 0 Å². The first-order valence-corrected chi connectivity index (χ1v) is 14.2. The lowest BCUT2D eigenvalue weighted by molar-refractivity contribution is -0.183. The normalized spacial score (nSPS) is 46.2. The Kier molecular flexibility index (Phi) is 5.81. The molecule has 0 aromatic heterocycles. The predicted octanol–water partition coefficient (Wildman–Crippen LogP) is 6.73. The summed E-state index contributed by atoms with van der Waals surface area (Å²) in [6.07, 6.45) is 10.6. The number of carbonyl (C=O) groups excluding carboxylic acids is 3. The third-order valence-electron chi connectivity index (χ3n) is 12.2. The molecule has 0 radical (unpaired) electrons. The zero-order chi connectivity index (χ0) is 27.2. The molecule has 0 bridgehead atoms. The van der Waals surface area contributed by atoms with Crippen LogP contribution in [0.5, 0.6) is 0 Å². The smallest absolute Gasteiger partial charge is 0.302 e. The number of allylic oxidation sites excluding steroid dienone is 4. The van der Waals surface area contributed by atoms with E-state index in [1.807, 2.05) is 19.1 Å². The molecule has 3 saturated carbocycles. The fraction of sp³-hybridized carbons (Fsp3) is 0.750. The highest BCUT2D eigenvalue weighted by Crippen LogP contribution is 2.73. The van der Waals surface area contributed by atoms with Crippen LogP contribution in [0.15, 0.2) is 23.4 Å². The number of ether oxygens (including phenoxy) is 1. The number of hydrogen-bond acceptors (Lipinski definition) is 4. The molecule has 0 N–H and O–H groups in total. The summed E-state index contributed by atoms with van der Waals surface area (Å²) in [5.41, 5.74) is 0.475. The Labute approximate surface area is 222 Å². The van der Waals surface area contributed by atoms with E-state index < -0.39 is 5.41 Å². The summed E-state index contributed by atoms with van der Waals surface area (Å²) in [6, 6.07) is 0. The second-order valence-electron chi connectivity index (χ2n) is 14.5. The van der Waals surface area contributed by atoms with E-state index in [4.69, 9.17) is 11.3 Å². The van der Waals surface area contributed by atoms with Crippen molar-refractivity contribution in [2.24, 2.45) is 50.7 Å². The van der Waals surface area contributed by atoms with E-state index in [-0.39, 0.29) is 68.6 Å². The predicted molar refractivity (Wildman–Crippen MR) is 142 cm³/mol. The van der Waals surface area contributed by atoms with Crippen LogP contribution >= 0.6 is 0 Å². The minimum absolute atomic E-state index is 0.0507. The maximum Gasteiger partial charge on any atom is 0.302 e. The summed E-state index contributed by atoms with van der Waals surface area (Å²) in [4.78, 5) is 42.7.